The Morgan fingerprint density at radius 3 is 2.90 bits per heavy atom. The number of aromatic nitrogens is 2. The Morgan fingerprint density at radius 2 is 2.14 bits per heavy atom. The van der Waals surface area contributed by atoms with Crippen LogP contribution in [0.5, 0.6) is 0 Å². The van der Waals surface area contributed by atoms with Crippen molar-refractivity contribution < 1.29 is 14.4 Å². The number of nitrogens with zero attached hydrogens (tertiary/aromatic N) is 3. The molecule has 3 rings (SSSR count). The quantitative estimate of drug-likeness (QED) is 0.928. The molecule has 1 saturated heterocycles. The highest BCUT2D eigenvalue weighted by Crippen LogP contribution is 2.21. The van der Waals surface area contributed by atoms with Crippen LogP contribution in [0.4, 0.5) is 0 Å². The average Bonchev–Trinajstić information content (AvgIpc) is 2.97. The second-order valence-electron chi connectivity index (χ2n) is 5.20. The number of carbonyl (C=O) groups is 1. The first-order valence-electron chi connectivity index (χ1n) is 7.09. The van der Waals surface area contributed by atoms with Gasteiger partial charge in [-0.15, -0.1) is 0 Å². The second-order valence-corrected chi connectivity index (χ2v) is 5.20. The van der Waals surface area contributed by atoms with Crippen LogP contribution in [-0.2, 0) is 11.3 Å². The standard InChI is InChI=1S/C15H17N3O3/c19-15(20)12-8-4-5-9-18(12)10-13-16-14(17-21-13)11-6-2-1-3-7-11/h1-3,6-7,12H,4-5,8-10H2,(H,19,20). The van der Waals surface area contributed by atoms with Gasteiger partial charge in [-0.05, 0) is 19.4 Å². The third-order valence-corrected chi connectivity index (χ3v) is 3.74. The minimum atomic E-state index is -0.780. The van der Waals surface area contributed by atoms with E-state index in [9.17, 15) is 9.90 Å². The summed E-state index contributed by atoms with van der Waals surface area (Å²) in [5.74, 6) is 0.217. The summed E-state index contributed by atoms with van der Waals surface area (Å²) in [5.41, 5.74) is 0.890. The maximum atomic E-state index is 11.3. The summed E-state index contributed by atoms with van der Waals surface area (Å²) >= 11 is 0. The van der Waals surface area contributed by atoms with Crippen molar-refractivity contribution in [3.63, 3.8) is 0 Å². The highest BCUT2D eigenvalue weighted by Gasteiger charge is 2.29. The summed E-state index contributed by atoms with van der Waals surface area (Å²) in [6.07, 6.45) is 2.63. The van der Waals surface area contributed by atoms with Gasteiger partial charge < -0.3 is 9.63 Å². The number of piperidine rings is 1. The summed E-state index contributed by atoms with van der Waals surface area (Å²) in [6.45, 7) is 1.14. The molecular weight excluding hydrogens is 270 g/mol. The van der Waals surface area contributed by atoms with Crippen molar-refractivity contribution in [1.29, 1.82) is 0 Å². The summed E-state index contributed by atoms with van der Waals surface area (Å²) < 4.78 is 5.25. The smallest absolute Gasteiger partial charge is 0.320 e. The predicted molar refractivity (Wildman–Crippen MR) is 75.4 cm³/mol. The summed E-state index contributed by atoms with van der Waals surface area (Å²) in [7, 11) is 0. The van der Waals surface area contributed by atoms with Gasteiger partial charge in [-0.25, -0.2) is 0 Å². The highest BCUT2D eigenvalue weighted by atomic mass is 16.5. The lowest BCUT2D eigenvalue weighted by Crippen LogP contribution is -2.44. The lowest BCUT2D eigenvalue weighted by atomic mass is 10.0. The normalized spacial score (nSPS) is 19.5. The fourth-order valence-corrected chi connectivity index (χ4v) is 2.66. The van der Waals surface area contributed by atoms with Gasteiger partial charge in [-0.3, -0.25) is 9.69 Å². The molecule has 0 amide bonds. The number of benzene rings is 1. The van der Waals surface area contributed by atoms with Crippen LogP contribution in [0.2, 0.25) is 0 Å². The summed E-state index contributed by atoms with van der Waals surface area (Å²) in [5, 5.41) is 13.2. The molecule has 1 atom stereocenters. The van der Waals surface area contributed by atoms with Crippen LogP contribution in [0.1, 0.15) is 25.2 Å². The van der Waals surface area contributed by atoms with Crippen LogP contribution >= 0.6 is 0 Å². The maximum absolute atomic E-state index is 11.3. The molecule has 0 spiro atoms. The highest BCUT2D eigenvalue weighted by molar-refractivity contribution is 5.73. The van der Waals surface area contributed by atoms with E-state index in [4.69, 9.17) is 4.52 Å². The molecule has 110 valence electrons. The summed E-state index contributed by atoms with van der Waals surface area (Å²) in [6, 6.07) is 9.12. The fraction of sp³-hybridized carbons (Fsp3) is 0.400. The largest absolute Gasteiger partial charge is 0.480 e. The molecule has 1 unspecified atom stereocenters. The van der Waals surface area contributed by atoms with E-state index in [-0.39, 0.29) is 0 Å². The summed E-state index contributed by atoms with van der Waals surface area (Å²) in [4.78, 5) is 17.5. The number of rotatable bonds is 4. The first kappa shape index (κ1) is 13.8. The van der Waals surface area contributed by atoms with Crippen LogP contribution < -0.4 is 0 Å². The lowest BCUT2D eigenvalue weighted by Gasteiger charge is -2.31. The van der Waals surface area contributed by atoms with Crippen LogP contribution in [0.15, 0.2) is 34.9 Å². The van der Waals surface area contributed by atoms with E-state index in [0.29, 0.717) is 24.7 Å². The number of hydrogen-bond donors (Lipinski definition) is 1. The second kappa shape index (κ2) is 6.05. The van der Waals surface area contributed by atoms with Crippen LogP contribution in [-0.4, -0.2) is 38.7 Å². The van der Waals surface area contributed by atoms with Gasteiger partial charge in [0.25, 0.3) is 0 Å². The van der Waals surface area contributed by atoms with Crippen molar-refractivity contribution >= 4 is 5.97 Å². The van der Waals surface area contributed by atoms with Gasteiger partial charge in [-0.2, -0.15) is 4.98 Å². The Kier molecular flexibility index (Phi) is 3.96. The first-order chi connectivity index (χ1) is 10.2. The van der Waals surface area contributed by atoms with Gasteiger partial charge in [0.15, 0.2) is 0 Å². The number of hydrogen-bond acceptors (Lipinski definition) is 5. The molecule has 1 aromatic carbocycles. The minimum Gasteiger partial charge on any atom is -0.480 e. The molecular formula is C15H17N3O3. The molecule has 2 aromatic rings. The van der Waals surface area contributed by atoms with Gasteiger partial charge in [-0.1, -0.05) is 41.9 Å². The fourth-order valence-electron chi connectivity index (χ4n) is 2.66. The molecule has 1 fully saturated rings. The van der Waals surface area contributed by atoms with Crippen molar-refractivity contribution in [1.82, 2.24) is 15.0 Å². The zero-order valence-corrected chi connectivity index (χ0v) is 11.6. The van der Waals surface area contributed by atoms with E-state index in [0.717, 1.165) is 24.9 Å². The first-order valence-corrected chi connectivity index (χ1v) is 7.09. The Morgan fingerprint density at radius 1 is 1.33 bits per heavy atom. The SMILES string of the molecule is O=C(O)C1CCCCN1Cc1nc(-c2ccccc2)no1. The Bertz CT molecular complexity index is 612. The topological polar surface area (TPSA) is 79.5 Å². The monoisotopic (exact) mass is 287 g/mol. The molecule has 6 heteroatoms. The van der Waals surface area contributed by atoms with E-state index in [2.05, 4.69) is 10.1 Å². The maximum Gasteiger partial charge on any atom is 0.320 e. The Hall–Kier alpha value is -2.21. The van der Waals surface area contributed by atoms with Crippen molar-refractivity contribution in [2.45, 2.75) is 31.8 Å². The van der Waals surface area contributed by atoms with E-state index in [1.54, 1.807) is 0 Å². The minimum absolute atomic E-state index is 0.386. The number of carboxylic acid groups (broad SMARTS) is 1. The van der Waals surface area contributed by atoms with Crippen molar-refractivity contribution in [3.8, 4) is 11.4 Å². The Labute approximate surface area is 122 Å². The van der Waals surface area contributed by atoms with E-state index in [1.807, 2.05) is 35.2 Å². The molecule has 6 nitrogen and oxygen atoms in total. The number of aliphatic carboxylic acids is 1. The Balaban J connectivity index is 1.73. The van der Waals surface area contributed by atoms with Crippen LogP contribution in [0.3, 0.4) is 0 Å². The zero-order valence-electron chi connectivity index (χ0n) is 11.6. The van der Waals surface area contributed by atoms with Crippen molar-refractivity contribution in [3.05, 3.63) is 36.2 Å². The molecule has 1 aliphatic rings. The molecule has 0 saturated carbocycles. The third-order valence-electron chi connectivity index (χ3n) is 3.74. The zero-order chi connectivity index (χ0) is 14.7. The van der Waals surface area contributed by atoms with Gasteiger partial charge >= 0.3 is 5.97 Å². The van der Waals surface area contributed by atoms with Gasteiger partial charge in [0.05, 0.1) is 6.54 Å². The van der Waals surface area contributed by atoms with Crippen molar-refractivity contribution in [2.24, 2.45) is 0 Å². The van der Waals surface area contributed by atoms with Gasteiger partial charge in [0.2, 0.25) is 11.7 Å². The third kappa shape index (κ3) is 3.11. The van der Waals surface area contributed by atoms with Crippen LogP contribution in [0, 0.1) is 0 Å². The molecule has 1 aliphatic heterocycles. The molecule has 1 N–H and O–H groups in total. The van der Waals surface area contributed by atoms with E-state index >= 15 is 0 Å². The molecule has 0 radical (unpaired) electrons. The van der Waals surface area contributed by atoms with Gasteiger partial charge in [0.1, 0.15) is 6.04 Å². The van der Waals surface area contributed by atoms with Crippen LogP contribution in [0.25, 0.3) is 11.4 Å². The van der Waals surface area contributed by atoms with Crippen molar-refractivity contribution in [2.75, 3.05) is 6.54 Å². The van der Waals surface area contributed by atoms with Gasteiger partial charge in [0, 0.05) is 5.56 Å². The average molecular weight is 287 g/mol. The number of likely N-dealkylation sites (tertiary alicyclic amines) is 1. The lowest BCUT2D eigenvalue weighted by molar-refractivity contribution is -0.145. The predicted octanol–water partition coefficient (Wildman–Crippen LogP) is 2.18. The molecule has 1 aromatic heterocycles. The number of carboxylic acids is 1. The molecule has 2 heterocycles. The van der Waals surface area contributed by atoms with E-state index < -0.39 is 12.0 Å². The van der Waals surface area contributed by atoms with E-state index in [1.165, 1.54) is 0 Å². The molecule has 0 bridgehead atoms. The molecule has 0 aliphatic carbocycles. The molecule has 21 heavy (non-hydrogen) atoms.